The Bertz CT molecular complexity index is 1090. The lowest BCUT2D eigenvalue weighted by Gasteiger charge is -2.31. The molecule has 2 aliphatic rings. The summed E-state index contributed by atoms with van der Waals surface area (Å²) in [7, 11) is 0. The van der Waals surface area contributed by atoms with Gasteiger partial charge in [0.05, 0.1) is 11.1 Å². The predicted molar refractivity (Wildman–Crippen MR) is 91.0 cm³/mol. The third kappa shape index (κ3) is 1.60. The normalized spacial score (nSPS) is 17.8. The number of nitrogens with zero attached hydrogens (tertiary/aromatic N) is 3. The average molecular weight is 319 g/mol. The van der Waals surface area contributed by atoms with E-state index in [0.29, 0.717) is 11.4 Å². The summed E-state index contributed by atoms with van der Waals surface area (Å²) in [6.45, 7) is -3.86. The van der Waals surface area contributed by atoms with Crippen molar-refractivity contribution in [3.63, 3.8) is 0 Å². The van der Waals surface area contributed by atoms with E-state index in [1.807, 2.05) is 30.3 Å². The van der Waals surface area contributed by atoms with Crippen LogP contribution < -0.4 is 0 Å². The highest BCUT2D eigenvalue weighted by molar-refractivity contribution is 6.57. The molecule has 0 saturated carbocycles. The number of aromatic nitrogens is 2. The van der Waals surface area contributed by atoms with E-state index < -0.39 is 6.97 Å². The minimum Gasteiger partial charge on any atom is -0.396 e. The van der Waals surface area contributed by atoms with Crippen LogP contribution in [-0.2, 0) is 0 Å². The van der Waals surface area contributed by atoms with Crippen LogP contribution in [-0.4, -0.2) is 27.1 Å². The zero-order valence-electron chi connectivity index (χ0n) is 12.6. The second-order valence-electron chi connectivity index (χ2n) is 5.94. The SMILES string of the molecule is F[B-]1(F)n2cccc2C(c2cccc3ncccc23)=C2C=CC=[N+]21. The maximum Gasteiger partial charge on any atom is 0.737 e. The van der Waals surface area contributed by atoms with Gasteiger partial charge in [-0.15, -0.1) is 0 Å². The lowest BCUT2D eigenvalue weighted by Crippen LogP contribution is -2.49. The summed E-state index contributed by atoms with van der Waals surface area (Å²) < 4.78 is 31.8. The molecule has 0 fully saturated rings. The maximum atomic E-state index is 14.8. The minimum absolute atomic E-state index is 0.530. The van der Waals surface area contributed by atoms with E-state index in [0.717, 1.165) is 31.0 Å². The first kappa shape index (κ1) is 13.4. The van der Waals surface area contributed by atoms with Gasteiger partial charge in [-0.2, -0.15) is 0 Å². The molecule has 0 amide bonds. The molecule has 3 aromatic rings. The van der Waals surface area contributed by atoms with Gasteiger partial charge in [-0.05, 0) is 36.0 Å². The molecule has 0 atom stereocenters. The Balaban J connectivity index is 1.91. The Hall–Kier alpha value is -3.02. The largest absolute Gasteiger partial charge is 0.737 e. The van der Waals surface area contributed by atoms with Gasteiger partial charge in [0.2, 0.25) is 0 Å². The molecule has 2 aliphatic heterocycles. The third-order valence-electron chi connectivity index (χ3n) is 4.65. The topological polar surface area (TPSA) is 20.8 Å². The fourth-order valence-corrected chi connectivity index (χ4v) is 3.62. The van der Waals surface area contributed by atoms with E-state index in [2.05, 4.69) is 4.98 Å². The van der Waals surface area contributed by atoms with Crippen LogP contribution in [0.25, 0.3) is 16.5 Å². The first-order valence-electron chi connectivity index (χ1n) is 7.76. The van der Waals surface area contributed by atoms with E-state index in [-0.39, 0.29) is 0 Å². The number of hydrogen-bond acceptors (Lipinski definition) is 1. The van der Waals surface area contributed by atoms with E-state index in [1.54, 1.807) is 30.5 Å². The number of pyridine rings is 1. The van der Waals surface area contributed by atoms with Crippen LogP contribution in [0.5, 0.6) is 0 Å². The van der Waals surface area contributed by atoms with Crippen molar-refractivity contribution in [2.24, 2.45) is 0 Å². The summed E-state index contributed by atoms with van der Waals surface area (Å²) in [6.07, 6.45) is 8.04. The molecule has 2 aromatic heterocycles. The van der Waals surface area contributed by atoms with Crippen molar-refractivity contribution < 1.29 is 13.1 Å². The van der Waals surface area contributed by atoms with Crippen LogP contribution >= 0.6 is 0 Å². The summed E-state index contributed by atoms with van der Waals surface area (Å²) in [5.41, 5.74) is 3.62. The minimum atomic E-state index is -3.86. The zero-order valence-corrected chi connectivity index (χ0v) is 12.6. The standard InChI is InChI=1S/C18H12BF2N3/c20-19(21)23-11-3-8-16(23)18(17-9-4-12-24(17)19)14-5-1-7-15-13(14)6-2-10-22-15/h1-12H. The molecule has 0 bridgehead atoms. The van der Waals surface area contributed by atoms with Crippen LogP contribution in [0.4, 0.5) is 8.63 Å². The summed E-state index contributed by atoms with van der Waals surface area (Å²) in [4.78, 5) is 4.38. The Morgan fingerprint density at radius 3 is 2.88 bits per heavy atom. The molecule has 0 N–H and O–H groups in total. The predicted octanol–water partition coefficient (Wildman–Crippen LogP) is 3.69. The Kier molecular flexibility index (Phi) is 2.52. The van der Waals surface area contributed by atoms with Gasteiger partial charge in [0, 0.05) is 29.4 Å². The van der Waals surface area contributed by atoms with Gasteiger partial charge in [0.25, 0.3) is 0 Å². The molecule has 24 heavy (non-hydrogen) atoms. The fourth-order valence-electron chi connectivity index (χ4n) is 3.62. The third-order valence-corrected chi connectivity index (χ3v) is 4.65. The number of halogens is 2. The van der Waals surface area contributed by atoms with Crippen molar-refractivity contribution in [1.82, 2.24) is 9.46 Å². The van der Waals surface area contributed by atoms with Crippen LogP contribution in [0, 0.1) is 0 Å². The second kappa shape index (κ2) is 4.51. The molecule has 116 valence electrons. The molecule has 6 heteroatoms. The van der Waals surface area contributed by atoms with Gasteiger partial charge in [-0.25, -0.2) is 0 Å². The number of allylic oxidation sites excluding steroid dienone is 2. The highest BCUT2D eigenvalue weighted by atomic mass is 19.2. The highest BCUT2D eigenvalue weighted by Gasteiger charge is 2.51. The molecular formula is C18H12BF2N3. The molecule has 3 nitrogen and oxygen atoms in total. The smallest absolute Gasteiger partial charge is 0.396 e. The van der Waals surface area contributed by atoms with E-state index in [1.165, 1.54) is 12.4 Å². The lowest BCUT2D eigenvalue weighted by molar-refractivity contribution is -0.356. The van der Waals surface area contributed by atoms with Gasteiger partial charge >= 0.3 is 6.97 Å². The monoisotopic (exact) mass is 319 g/mol. The van der Waals surface area contributed by atoms with E-state index in [9.17, 15) is 8.63 Å². The molecule has 4 heterocycles. The Morgan fingerprint density at radius 1 is 1.04 bits per heavy atom. The average Bonchev–Trinajstić information content (AvgIpc) is 3.25. The maximum absolute atomic E-state index is 14.8. The molecule has 0 aliphatic carbocycles. The quantitative estimate of drug-likeness (QED) is 0.627. The highest BCUT2D eigenvalue weighted by Crippen LogP contribution is 2.40. The molecule has 5 rings (SSSR count). The summed E-state index contributed by atoms with van der Waals surface area (Å²) >= 11 is 0. The van der Waals surface area contributed by atoms with Crippen molar-refractivity contribution in [2.45, 2.75) is 0 Å². The van der Waals surface area contributed by atoms with Gasteiger partial charge in [-0.1, -0.05) is 18.2 Å². The first-order chi connectivity index (χ1) is 11.7. The van der Waals surface area contributed by atoms with Crippen molar-refractivity contribution >= 4 is 29.7 Å². The summed E-state index contributed by atoms with van der Waals surface area (Å²) in [5.74, 6) is 0. The number of hydrogen-bond donors (Lipinski definition) is 0. The molecule has 0 unspecified atom stereocenters. The van der Waals surface area contributed by atoms with Gasteiger partial charge in [-0.3, -0.25) is 4.98 Å². The van der Waals surface area contributed by atoms with Crippen LogP contribution in [0.1, 0.15) is 11.3 Å². The number of benzene rings is 1. The first-order valence-corrected chi connectivity index (χ1v) is 7.76. The Labute approximate surface area is 136 Å². The lowest BCUT2D eigenvalue weighted by atomic mass is 9.85. The summed E-state index contributed by atoms with van der Waals surface area (Å²) in [6, 6.07) is 13.1. The van der Waals surface area contributed by atoms with Crippen molar-refractivity contribution in [2.75, 3.05) is 0 Å². The van der Waals surface area contributed by atoms with Crippen LogP contribution in [0.15, 0.2) is 72.7 Å². The van der Waals surface area contributed by atoms with E-state index in [4.69, 9.17) is 0 Å². The van der Waals surface area contributed by atoms with Gasteiger partial charge < -0.3 is 17.6 Å². The van der Waals surface area contributed by atoms with Gasteiger partial charge in [0.15, 0.2) is 5.70 Å². The van der Waals surface area contributed by atoms with Crippen LogP contribution in [0.3, 0.4) is 0 Å². The molecule has 0 radical (unpaired) electrons. The molecular weight excluding hydrogens is 307 g/mol. The zero-order chi connectivity index (χ0) is 16.3. The van der Waals surface area contributed by atoms with E-state index >= 15 is 0 Å². The molecule has 0 saturated heterocycles. The summed E-state index contributed by atoms with van der Waals surface area (Å²) in [5, 5.41) is 0.952. The Morgan fingerprint density at radius 2 is 1.96 bits per heavy atom. The van der Waals surface area contributed by atoms with Crippen LogP contribution in [0.2, 0.25) is 0 Å². The van der Waals surface area contributed by atoms with Gasteiger partial charge in [0.1, 0.15) is 6.21 Å². The second-order valence-corrected chi connectivity index (χ2v) is 5.94. The molecule has 1 aromatic carbocycles. The number of rotatable bonds is 1. The van der Waals surface area contributed by atoms with Crippen molar-refractivity contribution in [3.05, 3.63) is 84.0 Å². The number of fused-ring (bicyclic) bond motifs is 3. The van der Waals surface area contributed by atoms with Crippen molar-refractivity contribution in [1.29, 1.82) is 0 Å². The van der Waals surface area contributed by atoms with Crippen molar-refractivity contribution in [3.8, 4) is 0 Å². The molecule has 0 spiro atoms. The fraction of sp³-hybridized carbons (Fsp3) is 0.